The van der Waals surface area contributed by atoms with Gasteiger partial charge in [0.15, 0.2) is 0 Å². The van der Waals surface area contributed by atoms with Gasteiger partial charge in [-0.3, -0.25) is 14.6 Å². The second-order valence-corrected chi connectivity index (χ2v) is 6.50. The molecule has 0 atom stereocenters. The van der Waals surface area contributed by atoms with Crippen molar-refractivity contribution in [2.24, 2.45) is 0 Å². The van der Waals surface area contributed by atoms with Gasteiger partial charge in [-0.1, -0.05) is 29.8 Å². The van der Waals surface area contributed by atoms with Crippen LogP contribution in [-0.4, -0.2) is 23.3 Å². The lowest BCUT2D eigenvalue weighted by Crippen LogP contribution is -2.26. The summed E-state index contributed by atoms with van der Waals surface area (Å²) in [7, 11) is 0. The summed E-state index contributed by atoms with van der Waals surface area (Å²) in [5, 5.41) is 5.98. The molecule has 142 valence electrons. The molecule has 0 radical (unpaired) electrons. The molecule has 28 heavy (non-hydrogen) atoms. The first-order valence-electron chi connectivity index (χ1n) is 8.56. The zero-order valence-corrected chi connectivity index (χ0v) is 15.5. The number of carbonyl (C=O) groups is 2. The summed E-state index contributed by atoms with van der Waals surface area (Å²) in [4.78, 5) is 28.6. The van der Waals surface area contributed by atoms with Gasteiger partial charge in [-0.2, -0.15) is 0 Å². The van der Waals surface area contributed by atoms with Crippen molar-refractivity contribution in [3.63, 3.8) is 0 Å². The minimum absolute atomic E-state index is 0.256. The first-order valence-corrected chi connectivity index (χ1v) is 8.94. The zero-order valence-electron chi connectivity index (χ0n) is 14.8. The van der Waals surface area contributed by atoms with Crippen LogP contribution in [0.2, 0.25) is 5.02 Å². The van der Waals surface area contributed by atoms with Crippen LogP contribution in [-0.2, 0) is 6.42 Å². The van der Waals surface area contributed by atoms with Gasteiger partial charge < -0.3 is 10.6 Å². The maximum Gasteiger partial charge on any atom is 0.257 e. The maximum absolute atomic E-state index is 12.9. The van der Waals surface area contributed by atoms with E-state index in [2.05, 4.69) is 15.6 Å². The van der Waals surface area contributed by atoms with Crippen molar-refractivity contribution < 1.29 is 14.0 Å². The van der Waals surface area contributed by atoms with E-state index in [9.17, 15) is 14.0 Å². The molecule has 0 bridgehead atoms. The third-order valence-electron chi connectivity index (χ3n) is 3.96. The fraction of sp³-hybridized carbons (Fsp3) is 0.0952. The highest BCUT2D eigenvalue weighted by molar-refractivity contribution is 6.31. The Labute approximate surface area is 166 Å². The van der Waals surface area contributed by atoms with Gasteiger partial charge in [0.25, 0.3) is 11.8 Å². The van der Waals surface area contributed by atoms with Crippen LogP contribution in [0.5, 0.6) is 0 Å². The molecule has 0 fully saturated rings. The number of hydrogen-bond acceptors (Lipinski definition) is 3. The fourth-order valence-corrected chi connectivity index (χ4v) is 2.72. The lowest BCUT2D eigenvalue weighted by molar-refractivity contribution is 0.0953. The predicted molar refractivity (Wildman–Crippen MR) is 106 cm³/mol. The van der Waals surface area contributed by atoms with Crippen molar-refractivity contribution in [1.82, 2.24) is 10.3 Å². The minimum Gasteiger partial charge on any atom is -0.352 e. The molecule has 0 saturated carbocycles. The van der Waals surface area contributed by atoms with Crippen molar-refractivity contribution >= 4 is 29.1 Å². The molecule has 0 aliphatic rings. The fourth-order valence-electron chi connectivity index (χ4n) is 2.53. The van der Waals surface area contributed by atoms with Gasteiger partial charge in [0.2, 0.25) is 0 Å². The third-order valence-corrected chi connectivity index (χ3v) is 4.19. The molecular weight excluding hydrogens is 381 g/mol. The van der Waals surface area contributed by atoms with Gasteiger partial charge in [-0.25, -0.2) is 4.39 Å². The number of halogens is 2. The molecule has 2 N–H and O–H groups in total. The summed E-state index contributed by atoms with van der Waals surface area (Å²) >= 11 is 5.91. The smallest absolute Gasteiger partial charge is 0.257 e. The summed E-state index contributed by atoms with van der Waals surface area (Å²) in [6, 6.07) is 14.3. The van der Waals surface area contributed by atoms with Gasteiger partial charge in [-0.15, -0.1) is 0 Å². The van der Waals surface area contributed by atoms with Gasteiger partial charge in [0.05, 0.1) is 11.1 Å². The van der Waals surface area contributed by atoms with E-state index in [0.717, 1.165) is 5.56 Å². The van der Waals surface area contributed by atoms with Crippen LogP contribution in [0.25, 0.3) is 0 Å². The molecular formula is C21H17ClFN3O2. The summed E-state index contributed by atoms with van der Waals surface area (Å²) < 4.78 is 12.9. The molecule has 2 amide bonds. The Kier molecular flexibility index (Phi) is 6.34. The average molecular weight is 398 g/mol. The lowest BCUT2D eigenvalue weighted by Gasteiger charge is -2.08. The number of anilines is 1. The largest absolute Gasteiger partial charge is 0.352 e. The molecule has 0 unspecified atom stereocenters. The van der Waals surface area contributed by atoms with Crippen LogP contribution in [0.3, 0.4) is 0 Å². The number of carbonyl (C=O) groups excluding carboxylic acids is 2. The molecule has 1 heterocycles. The van der Waals surface area contributed by atoms with E-state index in [1.807, 2.05) is 0 Å². The number of hydrogen-bond donors (Lipinski definition) is 2. The second-order valence-electron chi connectivity index (χ2n) is 6.06. The Morgan fingerprint density at radius 2 is 1.68 bits per heavy atom. The van der Waals surface area contributed by atoms with Crippen molar-refractivity contribution in [1.29, 1.82) is 0 Å². The Balaban J connectivity index is 1.59. The molecule has 0 saturated heterocycles. The highest BCUT2D eigenvalue weighted by Gasteiger charge is 2.12. The zero-order chi connectivity index (χ0) is 19.9. The van der Waals surface area contributed by atoms with Crippen LogP contribution in [0, 0.1) is 5.82 Å². The van der Waals surface area contributed by atoms with E-state index < -0.39 is 5.91 Å². The minimum atomic E-state index is -0.393. The number of nitrogens with zero attached hydrogens (tertiary/aromatic N) is 1. The number of benzene rings is 2. The molecule has 7 heteroatoms. The van der Waals surface area contributed by atoms with E-state index in [1.165, 1.54) is 30.6 Å². The normalized spacial score (nSPS) is 10.4. The number of amides is 2. The summed E-state index contributed by atoms with van der Waals surface area (Å²) in [5.41, 5.74) is 1.99. The van der Waals surface area contributed by atoms with Crippen LogP contribution < -0.4 is 10.6 Å². The van der Waals surface area contributed by atoms with Crippen LogP contribution in [0.15, 0.2) is 67.0 Å². The van der Waals surface area contributed by atoms with Crippen LogP contribution >= 0.6 is 11.6 Å². The van der Waals surface area contributed by atoms with Gasteiger partial charge in [0.1, 0.15) is 5.82 Å². The van der Waals surface area contributed by atoms with E-state index in [-0.39, 0.29) is 22.9 Å². The second kappa shape index (κ2) is 9.10. The Hall–Kier alpha value is -3.25. The monoisotopic (exact) mass is 397 g/mol. The first-order chi connectivity index (χ1) is 13.5. The standard InChI is InChI=1S/C21H17ClFN3O2/c22-17-2-1-3-19(11-17)26-21(28)16-10-15(12-24-13-16)20(27)25-9-8-14-4-6-18(23)7-5-14/h1-7,10-13H,8-9H2,(H,25,27)(H,26,28). The molecule has 2 aromatic carbocycles. The van der Waals surface area contributed by atoms with E-state index in [0.29, 0.717) is 23.7 Å². The average Bonchev–Trinajstić information content (AvgIpc) is 2.69. The maximum atomic E-state index is 12.9. The van der Waals surface area contributed by atoms with Crippen LogP contribution in [0.1, 0.15) is 26.3 Å². The molecule has 0 spiro atoms. The van der Waals surface area contributed by atoms with Crippen molar-refractivity contribution in [2.75, 3.05) is 11.9 Å². The molecule has 1 aromatic heterocycles. The van der Waals surface area contributed by atoms with Crippen molar-refractivity contribution in [3.05, 3.63) is 94.5 Å². The van der Waals surface area contributed by atoms with E-state index >= 15 is 0 Å². The molecule has 0 aliphatic carbocycles. The molecule has 3 aromatic rings. The number of rotatable bonds is 6. The Morgan fingerprint density at radius 1 is 0.964 bits per heavy atom. The van der Waals surface area contributed by atoms with Gasteiger partial charge >= 0.3 is 0 Å². The topological polar surface area (TPSA) is 71.1 Å². The Bertz CT molecular complexity index is 993. The summed E-state index contributed by atoms with van der Waals surface area (Å²) in [5.74, 6) is -1.03. The highest BCUT2D eigenvalue weighted by atomic mass is 35.5. The quantitative estimate of drug-likeness (QED) is 0.657. The lowest BCUT2D eigenvalue weighted by atomic mass is 10.1. The third kappa shape index (κ3) is 5.37. The summed E-state index contributed by atoms with van der Waals surface area (Å²) in [6.45, 7) is 0.378. The highest BCUT2D eigenvalue weighted by Crippen LogP contribution is 2.16. The number of nitrogens with one attached hydrogen (secondary N) is 2. The first kappa shape index (κ1) is 19.5. The molecule has 0 aliphatic heterocycles. The van der Waals surface area contributed by atoms with Crippen molar-refractivity contribution in [2.45, 2.75) is 6.42 Å². The van der Waals surface area contributed by atoms with Crippen molar-refractivity contribution in [3.8, 4) is 0 Å². The number of pyridine rings is 1. The number of aromatic nitrogens is 1. The van der Waals surface area contributed by atoms with Crippen LogP contribution in [0.4, 0.5) is 10.1 Å². The Morgan fingerprint density at radius 3 is 2.39 bits per heavy atom. The van der Waals surface area contributed by atoms with Gasteiger partial charge in [-0.05, 0) is 48.4 Å². The van der Waals surface area contributed by atoms with E-state index in [1.54, 1.807) is 36.4 Å². The van der Waals surface area contributed by atoms with E-state index in [4.69, 9.17) is 11.6 Å². The predicted octanol–water partition coefficient (Wildman–Crippen LogP) is 4.10. The van der Waals surface area contributed by atoms with Gasteiger partial charge in [0, 0.05) is 29.6 Å². The summed E-state index contributed by atoms with van der Waals surface area (Å²) in [6.07, 6.45) is 3.34. The molecule has 3 rings (SSSR count). The molecule has 5 nitrogen and oxygen atoms in total. The SMILES string of the molecule is O=C(NCCc1ccc(F)cc1)c1cncc(C(=O)Nc2cccc(Cl)c2)c1.